The number of pyridine rings is 1. The molecule has 0 atom stereocenters. The van der Waals surface area contributed by atoms with E-state index in [1.807, 2.05) is 13.8 Å². The van der Waals surface area contributed by atoms with Crippen LogP contribution in [0.25, 0.3) is 5.52 Å². The Morgan fingerprint density at radius 3 is 2.17 bits per heavy atom. The smallest absolute Gasteiger partial charge is 0.300 e. The number of halogens is 3. The van der Waals surface area contributed by atoms with Crippen molar-refractivity contribution in [3.8, 4) is 0 Å². The van der Waals surface area contributed by atoms with Gasteiger partial charge in [0.2, 0.25) is 0 Å². The van der Waals surface area contributed by atoms with Crippen LogP contribution in [-0.4, -0.2) is 15.4 Å². The molecule has 0 amide bonds. The molecule has 3 nitrogen and oxygen atoms in total. The first kappa shape index (κ1) is 24.4. The molecule has 0 aromatic carbocycles. The second-order valence-electron chi connectivity index (χ2n) is 10.2. The van der Waals surface area contributed by atoms with Gasteiger partial charge in [-0.05, 0) is 48.6 Å². The largest absolute Gasteiger partial charge is 0.416 e. The highest BCUT2D eigenvalue weighted by atomic mass is 19.4. The van der Waals surface area contributed by atoms with Gasteiger partial charge in [-0.25, -0.2) is 4.52 Å². The van der Waals surface area contributed by atoms with E-state index in [1.165, 1.54) is 18.7 Å². The van der Waals surface area contributed by atoms with E-state index in [4.69, 9.17) is 0 Å². The van der Waals surface area contributed by atoms with Gasteiger partial charge in [0.1, 0.15) is 5.78 Å². The first-order valence-electron chi connectivity index (χ1n) is 10.7. The number of hydrogen-bond donors (Lipinski definition) is 0. The van der Waals surface area contributed by atoms with Gasteiger partial charge in [-0.2, -0.15) is 18.3 Å². The number of fused-ring (bicyclic) bond motifs is 1. The molecule has 6 heteroatoms. The molecule has 0 spiro atoms. The molecule has 2 aromatic heterocycles. The highest BCUT2D eigenvalue weighted by Gasteiger charge is 2.39. The van der Waals surface area contributed by atoms with Crippen molar-refractivity contribution in [1.82, 2.24) is 9.61 Å². The molecule has 1 aliphatic rings. The van der Waals surface area contributed by atoms with Gasteiger partial charge >= 0.3 is 6.18 Å². The summed E-state index contributed by atoms with van der Waals surface area (Å²) in [7, 11) is 0. The molecule has 0 unspecified atom stereocenters. The summed E-state index contributed by atoms with van der Waals surface area (Å²) >= 11 is 0. The number of nitrogens with zero attached hydrogens (tertiary/aromatic N) is 2. The highest BCUT2D eigenvalue weighted by Crippen LogP contribution is 2.46. The Bertz CT molecular complexity index is 884. The molecule has 0 radical (unpaired) electrons. The zero-order chi connectivity index (χ0) is 22.9. The average molecular weight is 425 g/mol. The summed E-state index contributed by atoms with van der Waals surface area (Å²) in [6.07, 6.45) is 1.97. The van der Waals surface area contributed by atoms with E-state index in [0.29, 0.717) is 30.1 Å². The van der Waals surface area contributed by atoms with E-state index < -0.39 is 11.7 Å². The predicted molar refractivity (Wildman–Crippen MR) is 115 cm³/mol. The number of rotatable bonds is 4. The van der Waals surface area contributed by atoms with Gasteiger partial charge < -0.3 is 0 Å². The number of carbonyl (C=O) groups is 1. The number of carbonyl (C=O) groups excluding carboxylic acids is 1. The standard InChI is InChI=1S/C16H19F3N2.C8H16O/c1-10-14(15(2,3)11-5-4-6-11)13-9-12(16(17,18)19)7-8-21(13)20-10;1-5-7(9)6-8(2,3)4/h7-9,11H,4-6H2,1-3H3;5-6H2,1-4H3. The fourth-order valence-electron chi connectivity index (χ4n) is 4.19. The molecule has 0 N–H and O–H groups in total. The minimum absolute atomic E-state index is 0.145. The van der Waals surface area contributed by atoms with Gasteiger partial charge in [0.05, 0.1) is 16.8 Å². The number of ketones is 1. The van der Waals surface area contributed by atoms with Crippen molar-refractivity contribution in [3.05, 3.63) is 35.2 Å². The van der Waals surface area contributed by atoms with Crippen LogP contribution in [0.1, 0.15) is 90.5 Å². The van der Waals surface area contributed by atoms with Gasteiger partial charge in [-0.1, -0.05) is 48.0 Å². The van der Waals surface area contributed by atoms with Crippen LogP contribution in [0.2, 0.25) is 0 Å². The molecular weight excluding hydrogens is 389 g/mol. The third-order valence-corrected chi connectivity index (χ3v) is 6.03. The summed E-state index contributed by atoms with van der Waals surface area (Å²) in [5.74, 6) is 0.890. The van der Waals surface area contributed by atoms with Gasteiger partial charge in [0.25, 0.3) is 0 Å². The molecular formula is C24H35F3N2O. The van der Waals surface area contributed by atoms with Crippen molar-refractivity contribution in [2.75, 3.05) is 0 Å². The van der Waals surface area contributed by atoms with Crippen LogP contribution in [0, 0.1) is 18.3 Å². The SMILES string of the molecule is CCC(=O)CC(C)(C)C.Cc1nn2ccc(C(F)(F)F)cc2c1C(C)(C)C1CCC1. The topological polar surface area (TPSA) is 34.4 Å². The number of aromatic nitrogens is 2. The molecule has 1 aliphatic carbocycles. The van der Waals surface area contributed by atoms with Crippen LogP contribution < -0.4 is 0 Å². The van der Waals surface area contributed by atoms with Crippen LogP contribution in [0.15, 0.2) is 18.3 Å². The van der Waals surface area contributed by atoms with E-state index in [1.54, 1.807) is 4.52 Å². The Hall–Kier alpha value is -1.85. The van der Waals surface area contributed by atoms with E-state index in [-0.39, 0.29) is 10.8 Å². The second-order valence-corrected chi connectivity index (χ2v) is 10.2. The number of hydrogen-bond acceptors (Lipinski definition) is 2. The summed E-state index contributed by atoms with van der Waals surface area (Å²) in [5, 5.41) is 4.39. The predicted octanol–water partition coefficient (Wildman–Crippen LogP) is 7.14. The van der Waals surface area contributed by atoms with Crippen molar-refractivity contribution < 1.29 is 18.0 Å². The lowest BCUT2D eigenvalue weighted by Gasteiger charge is -2.40. The van der Waals surface area contributed by atoms with Crippen LogP contribution in [0.4, 0.5) is 13.2 Å². The van der Waals surface area contributed by atoms with Gasteiger partial charge in [-0.15, -0.1) is 0 Å². The molecule has 2 aromatic rings. The van der Waals surface area contributed by atoms with Crippen LogP contribution in [-0.2, 0) is 16.4 Å². The van der Waals surface area contributed by atoms with Crippen molar-refractivity contribution in [3.63, 3.8) is 0 Å². The van der Waals surface area contributed by atoms with Crippen molar-refractivity contribution in [2.45, 2.75) is 92.2 Å². The second kappa shape index (κ2) is 8.72. The first-order valence-corrected chi connectivity index (χ1v) is 10.7. The third-order valence-electron chi connectivity index (χ3n) is 6.03. The summed E-state index contributed by atoms with van der Waals surface area (Å²) in [6.45, 7) is 14.3. The molecule has 3 rings (SSSR count). The Balaban J connectivity index is 0.000000303. The number of alkyl halides is 3. The lowest BCUT2D eigenvalue weighted by Crippen LogP contribution is -2.34. The van der Waals surface area contributed by atoms with Gasteiger partial charge in [-0.3, -0.25) is 4.79 Å². The zero-order valence-electron chi connectivity index (χ0n) is 19.3. The first-order chi connectivity index (χ1) is 13.7. The molecule has 0 bridgehead atoms. The lowest BCUT2D eigenvalue weighted by atomic mass is 9.64. The summed E-state index contributed by atoms with van der Waals surface area (Å²) < 4.78 is 40.4. The molecule has 30 heavy (non-hydrogen) atoms. The minimum Gasteiger partial charge on any atom is -0.300 e. The van der Waals surface area contributed by atoms with Crippen LogP contribution in [0.5, 0.6) is 0 Å². The molecule has 0 saturated heterocycles. The summed E-state index contributed by atoms with van der Waals surface area (Å²) in [5.41, 5.74) is 1.78. The van der Waals surface area contributed by atoms with Crippen LogP contribution in [0.3, 0.4) is 0 Å². The van der Waals surface area contributed by atoms with E-state index in [9.17, 15) is 18.0 Å². The van der Waals surface area contributed by atoms with Gasteiger partial charge in [0, 0.05) is 24.6 Å². The fraction of sp³-hybridized carbons (Fsp3) is 0.667. The number of Topliss-reactive ketones (excluding diaryl/α,β-unsaturated/α-hetero) is 1. The highest BCUT2D eigenvalue weighted by molar-refractivity contribution is 5.78. The molecule has 168 valence electrons. The van der Waals surface area contributed by atoms with Crippen molar-refractivity contribution in [1.29, 1.82) is 0 Å². The van der Waals surface area contributed by atoms with Crippen LogP contribution >= 0.6 is 0 Å². The van der Waals surface area contributed by atoms with E-state index >= 15 is 0 Å². The lowest BCUT2D eigenvalue weighted by molar-refractivity contribution is -0.137. The van der Waals surface area contributed by atoms with E-state index in [0.717, 1.165) is 30.2 Å². The molecule has 0 aliphatic heterocycles. The maximum Gasteiger partial charge on any atom is 0.416 e. The van der Waals surface area contributed by atoms with E-state index in [2.05, 4.69) is 39.7 Å². The summed E-state index contributed by atoms with van der Waals surface area (Å²) in [4.78, 5) is 10.8. The maximum atomic E-state index is 13.0. The number of aryl methyl sites for hydroxylation is 1. The summed E-state index contributed by atoms with van der Waals surface area (Å²) in [6, 6.07) is 2.31. The normalized spacial score (nSPS) is 15.5. The molecule has 2 heterocycles. The van der Waals surface area contributed by atoms with Crippen molar-refractivity contribution >= 4 is 11.3 Å². The zero-order valence-corrected chi connectivity index (χ0v) is 19.3. The Morgan fingerprint density at radius 2 is 1.77 bits per heavy atom. The molecule has 1 saturated carbocycles. The molecule has 1 fully saturated rings. The Labute approximate surface area is 178 Å². The Morgan fingerprint density at radius 1 is 1.17 bits per heavy atom. The minimum atomic E-state index is -4.32. The fourth-order valence-corrected chi connectivity index (χ4v) is 4.19. The quantitative estimate of drug-likeness (QED) is 0.523. The average Bonchev–Trinajstić information content (AvgIpc) is 2.86. The third kappa shape index (κ3) is 5.64. The maximum absolute atomic E-state index is 13.0. The Kier molecular flexibility index (Phi) is 7.10. The monoisotopic (exact) mass is 424 g/mol. The van der Waals surface area contributed by atoms with Gasteiger partial charge in [0.15, 0.2) is 0 Å². The van der Waals surface area contributed by atoms with Crippen molar-refractivity contribution in [2.24, 2.45) is 11.3 Å².